The molecule has 0 aliphatic carbocycles. The van der Waals surface area contributed by atoms with Crippen LogP contribution in [-0.2, 0) is 0 Å². The Morgan fingerprint density at radius 3 is 2.46 bits per heavy atom. The lowest BCUT2D eigenvalue weighted by Crippen LogP contribution is -2.07. The number of benzene rings is 1. The minimum atomic E-state index is 0.0411. The molecule has 0 radical (unpaired) electrons. The number of ketones is 1. The third kappa shape index (κ3) is 2.63. The molecule has 0 saturated heterocycles. The molecular formula is C10H11NOS. The molecule has 0 aliphatic rings. The van der Waals surface area contributed by atoms with Crippen LogP contribution in [-0.4, -0.2) is 10.8 Å². The molecule has 3 heteroatoms. The van der Waals surface area contributed by atoms with Crippen molar-refractivity contribution in [3.63, 3.8) is 0 Å². The summed E-state index contributed by atoms with van der Waals surface area (Å²) in [6, 6.07) is 7.32. The number of carbonyl (C=O) groups excluding carboxylic acids is 1. The SMILES string of the molecule is CC(=O)c1ccccc1NC(C)=S. The highest BCUT2D eigenvalue weighted by Crippen LogP contribution is 2.15. The first kappa shape index (κ1) is 9.86. The second-order valence-corrected chi connectivity index (χ2v) is 3.40. The van der Waals surface area contributed by atoms with Gasteiger partial charge in [-0.2, -0.15) is 0 Å². The highest BCUT2D eigenvalue weighted by Gasteiger charge is 2.05. The second-order valence-electron chi connectivity index (χ2n) is 2.78. The smallest absolute Gasteiger partial charge is 0.161 e. The molecule has 0 amide bonds. The molecule has 0 heterocycles. The first-order valence-electron chi connectivity index (χ1n) is 3.99. The number of anilines is 1. The van der Waals surface area contributed by atoms with Gasteiger partial charge in [0.1, 0.15) is 0 Å². The summed E-state index contributed by atoms with van der Waals surface area (Å²) >= 11 is 4.90. The summed E-state index contributed by atoms with van der Waals surface area (Å²) in [6.45, 7) is 3.32. The molecule has 0 aliphatic heterocycles. The van der Waals surface area contributed by atoms with Crippen molar-refractivity contribution in [2.45, 2.75) is 13.8 Å². The van der Waals surface area contributed by atoms with Crippen LogP contribution < -0.4 is 5.32 Å². The molecule has 1 N–H and O–H groups in total. The van der Waals surface area contributed by atoms with Crippen molar-refractivity contribution < 1.29 is 4.79 Å². The van der Waals surface area contributed by atoms with E-state index in [-0.39, 0.29) is 5.78 Å². The molecule has 68 valence electrons. The molecule has 0 saturated carbocycles. The third-order valence-electron chi connectivity index (χ3n) is 1.62. The largest absolute Gasteiger partial charge is 0.350 e. The van der Waals surface area contributed by atoms with Crippen LogP contribution in [0.1, 0.15) is 24.2 Å². The van der Waals surface area contributed by atoms with E-state index in [0.717, 1.165) is 5.69 Å². The van der Waals surface area contributed by atoms with Gasteiger partial charge in [-0.1, -0.05) is 24.4 Å². The lowest BCUT2D eigenvalue weighted by molar-refractivity contribution is 0.101. The highest BCUT2D eigenvalue weighted by molar-refractivity contribution is 7.80. The summed E-state index contributed by atoms with van der Waals surface area (Å²) in [5.41, 5.74) is 1.45. The second kappa shape index (κ2) is 4.14. The number of carbonyl (C=O) groups is 1. The fourth-order valence-electron chi connectivity index (χ4n) is 1.09. The third-order valence-corrected chi connectivity index (χ3v) is 1.72. The van der Waals surface area contributed by atoms with E-state index in [4.69, 9.17) is 12.2 Å². The Morgan fingerprint density at radius 1 is 1.31 bits per heavy atom. The molecule has 0 atom stereocenters. The van der Waals surface area contributed by atoms with Gasteiger partial charge in [-0.25, -0.2) is 0 Å². The zero-order chi connectivity index (χ0) is 9.84. The van der Waals surface area contributed by atoms with E-state index in [1.54, 1.807) is 19.9 Å². The van der Waals surface area contributed by atoms with Gasteiger partial charge in [-0.15, -0.1) is 0 Å². The van der Waals surface area contributed by atoms with Crippen LogP contribution in [0.15, 0.2) is 24.3 Å². The lowest BCUT2D eigenvalue weighted by atomic mass is 10.1. The molecule has 0 aromatic heterocycles. The number of nitrogens with one attached hydrogen (secondary N) is 1. The predicted molar refractivity (Wildman–Crippen MR) is 58.3 cm³/mol. The van der Waals surface area contributed by atoms with Gasteiger partial charge in [-0.3, -0.25) is 4.79 Å². The zero-order valence-electron chi connectivity index (χ0n) is 7.63. The van der Waals surface area contributed by atoms with E-state index in [1.165, 1.54) is 0 Å². The molecule has 0 spiro atoms. The van der Waals surface area contributed by atoms with Crippen molar-refractivity contribution in [1.82, 2.24) is 0 Å². The normalized spacial score (nSPS) is 9.38. The van der Waals surface area contributed by atoms with Gasteiger partial charge in [0.15, 0.2) is 5.78 Å². The number of hydrogen-bond acceptors (Lipinski definition) is 2. The number of rotatable bonds is 2. The highest BCUT2D eigenvalue weighted by atomic mass is 32.1. The van der Waals surface area contributed by atoms with Crippen LogP contribution in [0.3, 0.4) is 0 Å². The van der Waals surface area contributed by atoms with Gasteiger partial charge in [0.05, 0.1) is 4.99 Å². The number of para-hydroxylation sites is 1. The summed E-state index contributed by atoms with van der Waals surface area (Å²) in [7, 11) is 0. The standard InChI is InChI=1S/C10H11NOS/c1-7(12)9-5-3-4-6-10(9)11-8(2)13/h3-6H,1-2H3,(H,11,13). The van der Waals surface area contributed by atoms with Crippen LogP contribution in [0.2, 0.25) is 0 Å². The molecule has 0 bridgehead atoms. The van der Waals surface area contributed by atoms with E-state index in [0.29, 0.717) is 10.6 Å². The van der Waals surface area contributed by atoms with Crippen LogP contribution in [0.25, 0.3) is 0 Å². The summed E-state index contributed by atoms with van der Waals surface area (Å²) in [6.07, 6.45) is 0. The van der Waals surface area contributed by atoms with Crippen LogP contribution in [0, 0.1) is 0 Å². The quantitative estimate of drug-likeness (QED) is 0.578. The Hall–Kier alpha value is -1.22. The van der Waals surface area contributed by atoms with E-state index >= 15 is 0 Å². The van der Waals surface area contributed by atoms with Gasteiger partial charge < -0.3 is 5.32 Å². The molecule has 1 rings (SSSR count). The average Bonchev–Trinajstić information content (AvgIpc) is 2.03. The van der Waals surface area contributed by atoms with E-state index < -0.39 is 0 Å². The summed E-state index contributed by atoms with van der Waals surface area (Å²) < 4.78 is 0. The molecule has 1 aromatic carbocycles. The lowest BCUT2D eigenvalue weighted by Gasteiger charge is -2.07. The van der Waals surface area contributed by atoms with Crippen molar-refractivity contribution in [3.8, 4) is 0 Å². The van der Waals surface area contributed by atoms with Crippen LogP contribution in [0.4, 0.5) is 5.69 Å². The van der Waals surface area contributed by atoms with Gasteiger partial charge in [0.25, 0.3) is 0 Å². The number of thiocarbonyl (C=S) groups is 1. The Labute approximate surface area is 83.0 Å². The van der Waals surface area contributed by atoms with Gasteiger partial charge in [0, 0.05) is 11.3 Å². The minimum absolute atomic E-state index is 0.0411. The van der Waals surface area contributed by atoms with Crippen molar-refractivity contribution in [3.05, 3.63) is 29.8 Å². The first-order valence-corrected chi connectivity index (χ1v) is 4.39. The van der Waals surface area contributed by atoms with E-state index in [2.05, 4.69) is 5.32 Å². The Balaban J connectivity index is 3.04. The maximum Gasteiger partial charge on any atom is 0.161 e. The number of hydrogen-bond donors (Lipinski definition) is 1. The molecule has 13 heavy (non-hydrogen) atoms. The molecule has 2 nitrogen and oxygen atoms in total. The minimum Gasteiger partial charge on any atom is -0.350 e. The summed E-state index contributed by atoms with van der Waals surface area (Å²) in [5, 5.41) is 2.97. The maximum atomic E-state index is 11.2. The van der Waals surface area contributed by atoms with E-state index in [9.17, 15) is 4.79 Å². The fraction of sp³-hybridized carbons (Fsp3) is 0.200. The average molecular weight is 193 g/mol. The topological polar surface area (TPSA) is 29.1 Å². The van der Waals surface area contributed by atoms with Gasteiger partial charge >= 0.3 is 0 Å². The molecule has 0 fully saturated rings. The van der Waals surface area contributed by atoms with Crippen molar-refractivity contribution in [2.75, 3.05) is 5.32 Å². The molecule has 1 aromatic rings. The van der Waals surface area contributed by atoms with Gasteiger partial charge in [0.2, 0.25) is 0 Å². The van der Waals surface area contributed by atoms with Crippen molar-refractivity contribution in [1.29, 1.82) is 0 Å². The molecular weight excluding hydrogens is 182 g/mol. The fourth-order valence-corrected chi connectivity index (χ4v) is 1.20. The zero-order valence-corrected chi connectivity index (χ0v) is 8.44. The van der Waals surface area contributed by atoms with Crippen LogP contribution >= 0.6 is 12.2 Å². The van der Waals surface area contributed by atoms with Crippen molar-refractivity contribution >= 4 is 28.7 Å². The monoisotopic (exact) mass is 193 g/mol. The van der Waals surface area contributed by atoms with E-state index in [1.807, 2.05) is 18.2 Å². The Morgan fingerprint density at radius 2 is 1.92 bits per heavy atom. The summed E-state index contributed by atoms with van der Waals surface area (Å²) in [4.78, 5) is 11.8. The Bertz CT molecular complexity index is 347. The number of Topliss-reactive ketones (excluding diaryl/α,β-unsaturated/α-hetero) is 1. The predicted octanol–water partition coefficient (Wildman–Crippen LogP) is 2.65. The molecule has 0 unspecified atom stereocenters. The summed E-state index contributed by atoms with van der Waals surface area (Å²) in [5.74, 6) is 0.0411. The van der Waals surface area contributed by atoms with Crippen LogP contribution in [0.5, 0.6) is 0 Å². The first-order chi connectivity index (χ1) is 6.11. The maximum absolute atomic E-state index is 11.2. The van der Waals surface area contributed by atoms with Gasteiger partial charge in [-0.05, 0) is 26.0 Å². The van der Waals surface area contributed by atoms with Crippen molar-refractivity contribution in [2.24, 2.45) is 0 Å². The Kier molecular flexibility index (Phi) is 3.14.